The van der Waals surface area contributed by atoms with Crippen molar-refractivity contribution in [3.8, 4) is 0 Å². The Morgan fingerprint density at radius 2 is 1.64 bits per heavy atom. The molecule has 0 aromatic heterocycles. The van der Waals surface area contributed by atoms with Crippen LogP contribution >= 0.6 is 0 Å². The molecule has 2 rings (SSSR count). The van der Waals surface area contributed by atoms with Crippen LogP contribution in [-0.4, -0.2) is 71.9 Å². The average molecular weight is 310 g/mol. The lowest BCUT2D eigenvalue weighted by Gasteiger charge is -2.39. The molecule has 6 heteroatoms. The van der Waals surface area contributed by atoms with Gasteiger partial charge in [0.05, 0.1) is 0 Å². The highest BCUT2D eigenvalue weighted by Gasteiger charge is 2.32. The number of piperazine rings is 1. The number of rotatable bonds is 3. The van der Waals surface area contributed by atoms with Crippen LogP contribution in [0.5, 0.6) is 0 Å². The van der Waals surface area contributed by atoms with Gasteiger partial charge in [-0.2, -0.15) is 0 Å². The normalized spacial score (nSPS) is 26.0. The van der Waals surface area contributed by atoms with Crippen molar-refractivity contribution in [2.24, 2.45) is 11.7 Å². The largest absolute Gasteiger partial charge is 0.339 e. The number of urea groups is 1. The fraction of sp³-hybridized carbons (Fsp3) is 0.875. The first-order valence-corrected chi connectivity index (χ1v) is 8.65. The number of hydrogen-bond acceptors (Lipinski definition) is 3. The van der Waals surface area contributed by atoms with Crippen molar-refractivity contribution >= 4 is 11.9 Å². The van der Waals surface area contributed by atoms with E-state index in [0.29, 0.717) is 26.2 Å². The van der Waals surface area contributed by atoms with E-state index in [9.17, 15) is 9.59 Å². The fourth-order valence-corrected chi connectivity index (χ4v) is 3.52. The van der Waals surface area contributed by atoms with Crippen molar-refractivity contribution in [2.75, 3.05) is 39.3 Å². The minimum atomic E-state index is 0.0915. The van der Waals surface area contributed by atoms with Gasteiger partial charge < -0.3 is 20.4 Å². The standard InChI is InChI=1S/C16H30N4O2/c1-3-18(4-2)16(22)20-10-8-19(9-11-20)15(21)13-6-5-7-14(17)12-13/h13-14H,3-12,17H2,1-2H3. The molecule has 1 aliphatic carbocycles. The molecule has 126 valence electrons. The number of nitrogens with zero attached hydrogens (tertiary/aromatic N) is 3. The van der Waals surface area contributed by atoms with Gasteiger partial charge in [-0.3, -0.25) is 4.79 Å². The zero-order chi connectivity index (χ0) is 16.1. The summed E-state index contributed by atoms with van der Waals surface area (Å²) in [6.07, 6.45) is 3.87. The maximum atomic E-state index is 12.6. The van der Waals surface area contributed by atoms with Crippen LogP contribution in [0.25, 0.3) is 0 Å². The summed E-state index contributed by atoms with van der Waals surface area (Å²) in [4.78, 5) is 30.5. The van der Waals surface area contributed by atoms with Crippen LogP contribution in [-0.2, 0) is 4.79 Å². The van der Waals surface area contributed by atoms with E-state index >= 15 is 0 Å². The summed E-state index contributed by atoms with van der Waals surface area (Å²) in [5, 5.41) is 0. The zero-order valence-corrected chi connectivity index (χ0v) is 14.0. The van der Waals surface area contributed by atoms with Gasteiger partial charge in [-0.1, -0.05) is 6.42 Å². The van der Waals surface area contributed by atoms with E-state index in [1.54, 1.807) is 0 Å². The Balaban J connectivity index is 1.83. The van der Waals surface area contributed by atoms with Gasteiger partial charge in [0.25, 0.3) is 0 Å². The molecule has 2 fully saturated rings. The lowest BCUT2D eigenvalue weighted by molar-refractivity contribution is -0.138. The predicted molar refractivity (Wildman–Crippen MR) is 86.4 cm³/mol. The molecule has 2 N–H and O–H groups in total. The van der Waals surface area contributed by atoms with Gasteiger partial charge in [0.1, 0.15) is 0 Å². The Hall–Kier alpha value is -1.30. The van der Waals surface area contributed by atoms with Crippen LogP contribution in [0.4, 0.5) is 4.79 Å². The summed E-state index contributed by atoms with van der Waals surface area (Å²) in [5.41, 5.74) is 5.99. The van der Waals surface area contributed by atoms with Gasteiger partial charge in [0, 0.05) is 51.2 Å². The maximum Gasteiger partial charge on any atom is 0.320 e. The summed E-state index contributed by atoms with van der Waals surface area (Å²) in [6.45, 7) is 8.03. The second-order valence-electron chi connectivity index (χ2n) is 6.39. The number of hydrogen-bond donors (Lipinski definition) is 1. The Morgan fingerprint density at radius 1 is 1.05 bits per heavy atom. The first-order valence-electron chi connectivity index (χ1n) is 8.65. The van der Waals surface area contributed by atoms with Crippen LogP contribution in [0.15, 0.2) is 0 Å². The smallest absolute Gasteiger partial charge is 0.320 e. The van der Waals surface area contributed by atoms with Gasteiger partial charge >= 0.3 is 6.03 Å². The van der Waals surface area contributed by atoms with Gasteiger partial charge in [0.2, 0.25) is 5.91 Å². The second-order valence-corrected chi connectivity index (χ2v) is 6.39. The molecule has 22 heavy (non-hydrogen) atoms. The Morgan fingerprint density at radius 3 is 2.18 bits per heavy atom. The monoisotopic (exact) mass is 310 g/mol. The van der Waals surface area contributed by atoms with Crippen molar-refractivity contribution in [3.63, 3.8) is 0 Å². The van der Waals surface area contributed by atoms with Crippen LogP contribution < -0.4 is 5.73 Å². The quantitative estimate of drug-likeness (QED) is 0.849. The minimum Gasteiger partial charge on any atom is -0.339 e. The van der Waals surface area contributed by atoms with Crippen LogP contribution in [0.2, 0.25) is 0 Å². The van der Waals surface area contributed by atoms with E-state index in [2.05, 4.69) is 0 Å². The summed E-state index contributed by atoms with van der Waals surface area (Å²) in [5.74, 6) is 0.332. The van der Waals surface area contributed by atoms with Crippen LogP contribution in [0.1, 0.15) is 39.5 Å². The third-order valence-corrected chi connectivity index (χ3v) is 4.96. The number of nitrogens with two attached hydrogens (primary N) is 1. The first-order chi connectivity index (χ1) is 10.6. The molecule has 2 atom stereocenters. The molecule has 2 aliphatic rings. The SMILES string of the molecule is CCN(CC)C(=O)N1CCN(C(=O)C2CCCC(N)C2)CC1. The number of carbonyl (C=O) groups excluding carboxylic acids is 2. The molecule has 0 aromatic rings. The summed E-state index contributed by atoms with van der Waals surface area (Å²) < 4.78 is 0. The zero-order valence-electron chi connectivity index (χ0n) is 14.0. The molecule has 0 bridgehead atoms. The van der Waals surface area contributed by atoms with Gasteiger partial charge in [-0.15, -0.1) is 0 Å². The molecule has 0 spiro atoms. The van der Waals surface area contributed by atoms with E-state index in [1.165, 1.54) is 0 Å². The van der Waals surface area contributed by atoms with Crippen LogP contribution in [0.3, 0.4) is 0 Å². The lowest BCUT2D eigenvalue weighted by atomic mass is 9.85. The molecule has 3 amide bonds. The van der Waals surface area contributed by atoms with Crippen molar-refractivity contribution < 1.29 is 9.59 Å². The molecule has 1 saturated carbocycles. The highest BCUT2D eigenvalue weighted by Crippen LogP contribution is 2.25. The molecule has 6 nitrogen and oxygen atoms in total. The van der Waals surface area contributed by atoms with Crippen LogP contribution in [0, 0.1) is 5.92 Å². The van der Waals surface area contributed by atoms with E-state index in [0.717, 1.165) is 38.8 Å². The number of amides is 3. The molecule has 0 radical (unpaired) electrons. The minimum absolute atomic E-state index is 0.0915. The van der Waals surface area contributed by atoms with E-state index in [-0.39, 0.29) is 23.9 Å². The van der Waals surface area contributed by atoms with Crippen molar-refractivity contribution in [1.82, 2.24) is 14.7 Å². The second kappa shape index (κ2) is 7.81. The molecule has 1 heterocycles. The Bertz CT molecular complexity index is 390. The van der Waals surface area contributed by atoms with Gasteiger partial charge in [0.15, 0.2) is 0 Å². The van der Waals surface area contributed by atoms with E-state index in [4.69, 9.17) is 5.73 Å². The Labute approximate surface area is 133 Å². The van der Waals surface area contributed by atoms with Gasteiger partial charge in [-0.05, 0) is 33.1 Å². The molecule has 0 aromatic carbocycles. The highest BCUT2D eigenvalue weighted by atomic mass is 16.2. The molecular weight excluding hydrogens is 280 g/mol. The molecule has 1 aliphatic heterocycles. The summed E-state index contributed by atoms with van der Waals surface area (Å²) in [6, 6.07) is 0.269. The van der Waals surface area contributed by atoms with Gasteiger partial charge in [-0.25, -0.2) is 4.79 Å². The van der Waals surface area contributed by atoms with Crippen molar-refractivity contribution in [2.45, 2.75) is 45.6 Å². The topological polar surface area (TPSA) is 69.9 Å². The molecule has 1 saturated heterocycles. The first kappa shape index (κ1) is 17.1. The third kappa shape index (κ3) is 3.91. The summed E-state index contributed by atoms with van der Waals surface area (Å²) >= 11 is 0. The summed E-state index contributed by atoms with van der Waals surface area (Å²) in [7, 11) is 0. The molecule has 2 unspecified atom stereocenters. The van der Waals surface area contributed by atoms with E-state index < -0.39 is 0 Å². The maximum absolute atomic E-state index is 12.6. The lowest BCUT2D eigenvalue weighted by Crippen LogP contribution is -2.55. The predicted octanol–water partition coefficient (Wildman–Crippen LogP) is 1.11. The third-order valence-electron chi connectivity index (χ3n) is 4.96. The van der Waals surface area contributed by atoms with Crippen molar-refractivity contribution in [1.29, 1.82) is 0 Å². The van der Waals surface area contributed by atoms with E-state index in [1.807, 2.05) is 28.5 Å². The fourth-order valence-electron chi connectivity index (χ4n) is 3.52. The number of carbonyl (C=O) groups is 2. The van der Waals surface area contributed by atoms with Crippen molar-refractivity contribution in [3.05, 3.63) is 0 Å². The Kier molecular flexibility index (Phi) is 6.06. The molecular formula is C16H30N4O2. The average Bonchev–Trinajstić information content (AvgIpc) is 2.55. The highest BCUT2D eigenvalue weighted by molar-refractivity contribution is 5.80.